The number of para-hydroxylation sites is 1. The number of halogens is 1. The molecule has 0 radical (unpaired) electrons. The van der Waals surface area contributed by atoms with Crippen molar-refractivity contribution in [2.24, 2.45) is 0 Å². The van der Waals surface area contributed by atoms with Crippen molar-refractivity contribution in [1.29, 1.82) is 0 Å². The number of amides is 2. The van der Waals surface area contributed by atoms with E-state index in [4.69, 9.17) is 21.1 Å². The van der Waals surface area contributed by atoms with E-state index in [-0.39, 0.29) is 23.5 Å². The molecule has 182 valence electrons. The number of rotatable bonds is 6. The van der Waals surface area contributed by atoms with E-state index < -0.39 is 26.9 Å². The summed E-state index contributed by atoms with van der Waals surface area (Å²) in [7, 11) is -1.06. The molecule has 0 aromatic heterocycles. The van der Waals surface area contributed by atoms with Crippen LogP contribution in [0.4, 0.5) is 11.4 Å². The summed E-state index contributed by atoms with van der Waals surface area (Å²) in [4.78, 5) is 27.3. The van der Waals surface area contributed by atoms with Gasteiger partial charge in [-0.2, -0.15) is 0 Å². The van der Waals surface area contributed by atoms with Crippen LogP contribution >= 0.6 is 11.6 Å². The molecule has 1 atom stereocenters. The number of anilines is 2. The first-order chi connectivity index (χ1) is 16.7. The minimum Gasteiger partial charge on any atom is -0.493 e. The van der Waals surface area contributed by atoms with Crippen molar-refractivity contribution < 1.29 is 27.5 Å². The van der Waals surface area contributed by atoms with Crippen LogP contribution in [0.2, 0.25) is 5.02 Å². The number of ether oxygens (including phenoxy) is 2. The lowest BCUT2D eigenvalue weighted by Gasteiger charge is -2.21. The summed E-state index contributed by atoms with van der Waals surface area (Å²) < 4.78 is 38.0. The van der Waals surface area contributed by atoms with Gasteiger partial charge in [0.25, 0.3) is 0 Å². The van der Waals surface area contributed by atoms with Gasteiger partial charge in [0.2, 0.25) is 11.8 Å². The molecule has 0 bridgehead atoms. The molecule has 0 aliphatic carbocycles. The molecule has 1 aliphatic rings. The summed E-state index contributed by atoms with van der Waals surface area (Å²) in [6.45, 7) is -0.355. The van der Waals surface area contributed by atoms with Crippen LogP contribution in [0.15, 0.2) is 71.6 Å². The number of carbonyl (C=O) groups excluding carboxylic acids is 2. The molecule has 0 saturated carbocycles. The number of hydrogen-bond donors (Lipinski definition) is 1. The Morgan fingerprint density at radius 1 is 1.03 bits per heavy atom. The number of nitrogens with zero attached hydrogens (tertiary/aromatic N) is 1. The second-order valence-corrected chi connectivity index (χ2v) is 10.4. The third-order valence-electron chi connectivity index (χ3n) is 5.71. The highest BCUT2D eigenvalue weighted by molar-refractivity contribution is 7.92. The summed E-state index contributed by atoms with van der Waals surface area (Å²) in [6, 6.07) is 17.5. The molecule has 0 fully saturated rings. The van der Waals surface area contributed by atoms with Gasteiger partial charge in [-0.1, -0.05) is 29.8 Å². The van der Waals surface area contributed by atoms with Gasteiger partial charge < -0.3 is 19.7 Å². The zero-order chi connectivity index (χ0) is 25.2. The lowest BCUT2D eigenvalue weighted by Crippen LogP contribution is -2.38. The van der Waals surface area contributed by atoms with E-state index in [0.717, 1.165) is 0 Å². The lowest BCUT2D eigenvalue weighted by molar-refractivity contribution is -0.121. The molecule has 1 N–H and O–H groups in total. The van der Waals surface area contributed by atoms with Crippen molar-refractivity contribution in [2.45, 2.75) is 16.6 Å². The largest absolute Gasteiger partial charge is 0.493 e. The molecule has 0 spiro atoms. The molecule has 4 rings (SSSR count). The van der Waals surface area contributed by atoms with Crippen LogP contribution in [-0.2, 0) is 19.4 Å². The van der Waals surface area contributed by atoms with Crippen LogP contribution in [0.5, 0.6) is 11.5 Å². The Morgan fingerprint density at radius 2 is 1.71 bits per heavy atom. The number of hydrogen-bond acceptors (Lipinski definition) is 6. The highest BCUT2D eigenvalue weighted by Gasteiger charge is 2.40. The Kier molecular flexibility index (Phi) is 7.00. The van der Waals surface area contributed by atoms with Crippen molar-refractivity contribution >= 4 is 44.6 Å². The van der Waals surface area contributed by atoms with E-state index in [2.05, 4.69) is 5.32 Å². The summed E-state index contributed by atoms with van der Waals surface area (Å²) in [6.07, 6.45) is -0.347. The van der Waals surface area contributed by atoms with Crippen molar-refractivity contribution in [3.05, 3.63) is 77.3 Å². The fraction of sp³-hybridized carbons (Fsp3) is 0.200. The lowest BCUT2D eigenvalue weighted by atomic mass is 10.1. The van der Waals surface area contributed by atoms with Crippen LogP contribution in [0.25, 0.3) is 0 Å². The molecule has 1 aliphatic heterocycles. The van der Waals surface area contributed by atoms with Crippen LogP contribution in [0.3, 0.4) is 0 Å². The number of benzene rings is 3. The van der Waals surface area contributed by atoms with Gasteiger partial charge in [-0.3, -0.25) is 9.59 Å². The Morgan fingerprint density at radius 3 is 2.40 bits per heavy atom. The third kappa shape index (κ3) is 4.96. The molecular weight excluding hydrogens is 492 g/mol. The molecule has 3 aromatic carbocycles. The smallest absolute Gasteiger partial charge is 0.244 e. The highest BCUT2D eigenvalue weighted by Crippen LogP contribution is 2.42. The molecule has 2 amide bonds. The van der Waals surface area contributed by atoms with E-state index in [1.54, 1.807) is 54.6 Å². The first-order valence-corrected chi connectivity index (χ1v) is 12.6. The quantitative estimate of drug-likeness (QED) is 0.527. The average molecular weight is 515 g/mol. The van der Waals surface area contributed by atoms with Crippen LogP contribution < -0.4 is 19.7 Å². The number of carbonyl (C=O) groups is 2. The van der Waals surface area contributed by atoms with E-state index in [1.165, 1.54) is 31.3 Å². The van der Waals surface area contributed by atoms with Crippen LogP contribution in [0, 0.1) is 0 Å². The zero-order valence-electron chi connectivity index (χ0n) is 19.0. The van der Waals surface area contributed by atoms with Gasteiger partial charge >= 0.3 is 0 Å². The highest BCUT2D eigenvalue weighted by atomic mass is 35.5. The Labute approximate surface area is 208 Å². The van der Waals surface area contributed by atoms with Gasteiger partial charge in [0.1, 0.15) is 6.54 Å². The Hall–Kier alpha value is -3.56. The molecule has 3 aromatic rings. The van der Waals surface area contributed by atoms with Gasteiger partial charge in [0.15, 0.2) is 21.3 Å². The Bertz CT molecular complexity index is 1370. The topological polar surface area (TPSA) is 102 Å². The minimum atomic E-state index is -3.99. The van der Waals surface area contributed by atoms with Gasteiger partial charge in [-0.15, -0.1) is 0 Å². The maximum atomic E-state index is 13.7. The predicted octanol–water partition coefficient (Wildman–Crippen LogP) is 4.25. The minimum absolute atomic E-state index is 0.0232. The number of fused-ring (bicyclic) bond motifs is 1. The van der Waals surface area contributed by atoms with Crippen LogP contribution in [-0.4, -0.2) is 41.0 Å². The molecule has 1 unspecified atom stereocenters. The van der Waals surface area contributed by atoms with E-state index in [9.17, 15) is 18.0 Å². The second kappa shape index (κ2) is 9.97. The first kappa shape index (κ1) is 24.6. The summed E-state index contributed by atoms with van der Waals surface area (Å²) in [5.74, 6) is -0.180. The maximum Gasteiger partial charge on any atom is 0.244 e. The van der Waals surface area contributed by atoms with Gasteiger partial charge in [-0.05, 0) is 54.1 Å². The van der Waals surface area contributed by atoms with Crippen molar-refractivity contribution in [2.75, 3.05) is 31.0 Å². The maximum absolute atomic E-state index is 13.7. The number of sulfone groups is 1. The standard InChI is InChI=1S/C25H23ClN2O6S/c1-33-20-12-7-16(13-21(20)34-2)23-14-25(30)28(19-5-3-4-6-22(19)35(23,31)32)15-24(29)27-18-10-8-17(26)9-11-18/h3-13,23H,14-15H2,1-2H3,(H,27,29). The summed E-state index contributed by atoms with van der Waals surface area (Å²) >= 11 is 5.89. The van der Waals surface area contributed by atoms with Gasteiger partial charge in [-0.25, -0.2) is 8.42 Å². The van der Waals surface area contributed by atoms with Crippen molar-refractivity contribution in [1.82, 2.24) is 0 Å². The Balaban J connectivity index is 1.70. The van der Waals surface area contributed by atoms with Gasteiger partial charge in [0.05, 0.1) is 30.1 Å². The molecule has 10 heteroatoms. The molecule has 0 saturated heterocycles. The number of nitrogens with one attached hydrogen (secondary N) is 1. The van der Waals surface area contributed by atoms with Crippen molar-refractivity contribution in [3.63, 3.8) is 0 Å². The fourth-order valence-corrected chi connectivity index (χ4v) is 6.03. The summed E-state index contributed by atoms with van der Waals surface area (Å²) in [5.41, 5.74) is 1.05. The second-order valence-electron chi connectivity index (χ2n) is 7.85. The van der Waals surface area contributed by atoms with Gasteiger partial charge in [0, 0.05) is 17.1 Å². The predicted molar refractivity (Wildman–Crippen MR) is 133 cm³/mol. The molecule has 35 heavy (non-hydrogen) atoms. The van der Waals surface area contributed by atoms with E-state index in [0.29, 0.717) is 27.8 Å². The third-order valence-corrected chi connectivity index (χ3v) is 8.11. The first-order valence-electron chi connectivity index (χ1n) is 10.6. The number of methoxy groups -OCH3 is 2. The SMILES string of the molecule is COc1ccc(C2CC(=O)N(CC(=O)Nc3ccc(Cl)cc3)c3ccccc3S2(=O)=O)cc1OC. The van der Waals surface area contributed by atoms with E-state index >= 15 is 0 Å². The molecule has 1 heterocycles. The monoisotopic (exact) mass is 514 g/mol. The summed E-state index contributed by atoms with van der Waals surface area (Å²) in [5, 5.41) is 2.06. The van der Waals surface area contributed by atoms with Crippen LogP contribution in [0.1, 0.15) is 17.2 Å². The van der Waals surface area contributed by atoms with Crippen molar-refractivity contribution in [3.8, 4) is 11.5 Å². The molecule has 8 nitrogen and oxygen atoms in total. The zero-order valence-corrected chi connectivity index (χ0v) is 20.6. The molecular formula is C25H23ClN2O6S. The fourth-order valence-electron chi connectivity index (χ4n) is 3.99. The van der Waals surface area contributed by atoms with E-state index in [1.807, 2.05) is 0 Å². The average Bonchev–Trinajstić information content (AvgIpc) is 2.93. The normalized spacial score (nSPS) is 16.7.